The molecule has 13 aromatic carbocycles. The number of aryl methyl sites for hydroxylation is 7. The van der Waals surface area contributed by atoms with Crippen LogP contribution in [0.1, 0.15) is 43.1 Å². The van der Waals surface area contributed by atoms with Gasteiger partial charge < -0.3 is 49.8 Å². The molecule has 10 aromatic heterocycles. The molecule has 0 atom stereocenters. The summed E-state index contributed by atoms with van der Waals surface area (Å²) in [6, 6.07) is 175. The van der Waals surface area contributed by atoms with Crippen LogP contribution in [0.15, 0.2) is 517 Å². The van der Waals surface area contributed by atoms with E-state index >= 15 is 0 Å². The maximum absolute atomic E-state index is 7.48. The van der Waals surface area contributed by atoms with E-state index in [2.05, 4.69) is 262 Å². The quantitative estimate of drug-likeness (QED) is 0.103. The second kappa shape index (κ2) is 66.0. The van der Waals surface area contributed by atoms with Crippen LogP contribution in [0.5, 0.6) is 0 Å². The SMILES string of the molecule is Cc1cc(C)cc(-c2cc[c-]c(-c3ccccn3)c2)c1.Cc1cc(C)cc(-c2ccnc(-c3[c-]cccc3)c2)c1.Cc1cc[c-]c(-c2ccccn2)c1.Cc1cc[c-]c(-c2ccccn2)c1.[2H]c1c[c-]c(-c2ccccn2)cc1.[2H]c1cc[c-]c(-c2ccccn2)c1.[2H]c1ccc(-c2[c-]ccc(-c3ccc(C)cc3)c2)nc1.[Ir].[Ir].[Ir].[Ir].[Ir].[c-]1ccccc1-c1ccccn1.[c-]1ccccc1-c1ccccn1.[c-]1ccccc1-c1ccccn1. The molecule has 10 nitrogen and oxygen atoms in total. The summed E-state index contributed by atoms with van der Waals surface area (Å²) >= 11 is 0. The molecule has 15 heteroatoms. The number of nitrogens with zero attached hydrogens (tertiary/aromatic N) is 10. The van der Waals surface area contributed by atoms with Gasteiger partial charge >= 0.3 is 0 Å². The normalized spacial score (nSPS) is 9.98. The standard InChI is InChI=1S/2C19H16N.C18H14N.2C12H10N.5C11H8N.5Ir/c1-14-10-15(2)12-18(11-14)16-6-5-7-17(13-16)19-8-3-4-9-20-19;1-14-10-15(2)12-18(11-14)17-8-9-20-19(13-17)16-6-4-3-5-7-16;1-14-8-10-15(11-9-14)16-5-4-6-17(13-16)18-7-2-3-12-19-18;2*1-10-5-4-6-11(9-10)12-7-2-3-8-13-12;5*1-2-6-10(7-3-1)11-8-4-5-9-12-11;;;;;/h2*3-6,8-13H,1-2H3;2-5,7-13H,1H3;2*2-5,7-9H,1H3;5*1-6,8-9H;;;;;/q10*-1;;;;;/i;;3D;;;2D;1D;;;;;;;;. The number of hydrogen-bond donors (Lipinski definition) is 0. The molecule has 0 spiro atoms. The third-order valence-corrected chi connectivity index (χ3v) is 21.6. The molecule has 150 heavy (non-hydrogen) atoms. The first-order valence-corrected chi connectivity index (χ1v) is 47.3. The van der Waals surface area contributed by atoms with E-state index in [-0.39, 0.29) is 101 Å². The smallest absolute Gasteiger partial charge is 0.0638 e. The molecule has 0 saturated carbocycles. The van der Waals surface area contributed by atoms with E-state index in [0.29, 0.717) is 18.1 Å². The Hall–Kier alpha value is -15.4. The second-order valence-electron chi connectivity index (χ2n) is 33.0. The van der Waals surface area contributed by atoms with Crippen LogP contribution in [0, 0.1) is 109 Å². The molecule has 0 aliphatic rings. The largest absolute Gasteiger partial charge is 0.305 e. The molecular weight excluding hydrogens is 2720 g/mol. The molecule has 0 fully saturated rings. The van der Waals surface area contributed by atoms with Gasteiger partial charge in [-0.15, -0.1) is 357 Å². The second-order valence-corrected chi connectivity index (χ2v) is 33.0. The fourth-order valence-corrected chi connectivity index (χ4v) is 14.7. The van der Waals surface area contributed by atoms with Crippen molar-refractivity contribution in [2.24, 2.45) is 0 Å². The zero-order chi connectivity index (χ0) is 103. The van der Waals surface area contributed by atoms with Crippen LogP contribution in [0.4, 0.5) is 0 Å². The Morgan fingerprint density at radius 1 is 0.140 bits per heavy atom. The zero-order valence-corrected chi connectivity index (χ0v) is 95.5. The molecule has 0 N–H and O–H groups in total. The predicted octanol–water partition coefficient (Wildman–Crippen LogP) is 32.6. The van der Waals surface area contributed by atoms with Crippen molar-refractivity contribution in [1.29, 1.82) is 0 Å². The zero-order valence-electron chi connectivity index (χ0n) is 86.5. The summed E-state index contributed by atoms with van der Waals surface area (Å²) in [5.41, 5.74) is 35.5. The summed E-state index contributed by atoms with van der Waals surface area (Å²) in [7, 11) is 0. The Balaban J connectivity index is 0.000000189. The third-order valence-electron chi connectivity index (χ3n) is 21.6. The van der Waals surface area contributed by atoms with Crippen LogP contribution in [-0.4, -0.2) is 49.8 Å². The van der Waals surface area contributed by atoms with Gasteiger partial charge in [0.25, 0.3) is 0 Å². The van der Waals surface area contributed by atoms with Crippen molar-refractivity contribution in [1.82, 2.24) is 49.8 Å². The summed E-state index contributed by atoms with van der Waals surface area (Å²) in [5, 5.41) is 0. The van der Waals surface area contributed by atoms with Crippen LogP contribution in [-0.2, 0) is 101 Å². The number of benzene rings is 13. The molecule has 23 rings (SSSR count). The summed E-state index contributed by atoms with van der Waals surface area (Å²) in [4.78, 5) is 42.6. The summed E-state index contributed by atoms with van der Waals surface area (Å²) < 4.78 is 22.2. The van der Waals surface area contributed by atoms with Gasteiger partial charge in [0.05, 0.1) is 1.37 Å². The first kappa shape index (κ1) is 113. The summed E-state index contributed by atoms with van der Waals surface area (Å²) in [5.74, 6) is 0. The van der Waals surface area contributed by atoms with Gasteiger partial charge in [-0.25, -0.2) is 0 Å². The van der Waals surface area contributed by atoms with Crippen LogP contribution in [0.2, 0.25) is 0 Å². The van der Waals surface area contributed by atoms with Gasteiger partial charge in [0.15, 0.2) is 0 Å². The monoisotopic (exact) mass is 2830 g/mol. The molecule has 0 unspecified atom stereocenters. The van der Waals surface area contributed by atoms with Crippen molar-refractivity contribution in [3.63, 3.8) is 0 Å². The minimum absolute atomic E-state index is 0. The van der Waals surface area contributed by atoms with Crippen LogP contribution in [0.3, 0.4) is 0 Å². The number of pyridine rings is 10. The van der Waals surface area contributed by atoms with Gasteiger partial charge in [0.1, 0.15) is 0 Å². The average molecular weight is 2830 g/mol. The molecule has 751 valence electrons. The number of aromatic nitrogens is 10. The minimum atomic E-state index is 0. The molecule has 5 radical (unpaired) electrons. The number of hydrogen-bond acceptors (Lipinski definition) is 10. The van der Waals surface area contributed by atoms with Crippen molar-refractivity contribution < 1.29 is 105 Å². The predicted molar refractivity (Wildman–Crippen MR) is 595 cm³/mol. The van der Waals surface area contributed by atoms with E-state index in [4.69, 9.17) is 4.11 Å². The van der Waals surface area contributed by atoms with E-state index in [0.717, 1.165) is 118 Å². The van der Waals surface area contributed by atoms with Crippen LogP contribution < -0.4 is 0 Å². The van der Waals surface area contributed by atoms with Crippen molar-refractivity contribution in [3.05, 3.63) is 616 Å². The van der Waals surface area contributed by atoms with Crippen LogP contribution >= 0.6 is 0 Å². The van der Waals surface area contributed by atoms with Gasteiger partial charge in [0, 0.05) is 164 Å². The first-order chi connectivity index (χ1) is 72.5. The Morgan fingerprint density at radius 3 is 0.700 bits per heavy atom. The molecule has 0 amide bonds. The van der Waals surface area contributed by atoms with Gasteiger partial charge in [-0.1, -0.05) is 218 Å². The Bertz CT molecular complexity index is 7160. The fourth-order valence-electron chi connectivity index (χ4n) is 14.7. The topological polar surface area (TPSA) is 129 Å². The van der Waals surface area contributed by atoms with E-state index in [1.54, 1.807) is 86.0 Å². The summed E-state index contributed by atoms with van der Waals surface area (Å²) in [6.07, 6.45) is 17.7. The molecule has 0 bridgehead atoms. The molecule has 10 heterocycles. The van der Waals surface area contributed by atoms with Gasteiger partial charge in [-0.05, 0) is 176 Å². The fraction of sp³-hybridized carbons (Fsp3) is 0.0519. The maximum Gasteiger partial charge on any atom is 0.0638 e. The van der Waals surface area contributed by atoms with E-state index in [1.807, 2.05) is 310 Å². The minimum Gasteiger partial charge on any atom is -0.305 e. The van der Waals surface area contributed by atoms with Crippen molar-refractivity contribution in [2.45, 2.75) is 48.5 Å². The molecule has 0 aliphatic heterocycles. The molecule has 23 aromatic rings. The first-order valence-electron chi connectivity index (χ1n) is 48.8. The average Bonchev–Trinajstić information content (AvgIpc) is 0.830. The Kier molecular flexibility index (Phi) is 49.9. The van der Waals surface area contributed by atoms with Gasteiger partial charge in [0.2, 0.25) is 0 Å². The third kappa shape index (κ3) is 39.7. The van der Waals surface area contributed by atoms with Crippen molar-refractivity contribution in [2.75, 3.05) is 0 Å². The van der Waals surface area contributed by atoms with Crippen molar-refractivity contribution >= 4 is 0 Å². The Morgan fingerprint density at radius 2 is 0.400 bits per heavy atom. The molecule has 0 aliphatic carbocycles. The molecular formula is C135H106Ir5N10-10. The van der Waals surface area contributed by atoms with Gasteiger partial charge in [-0.3, -0.25) is 0 Å². The maximum atomic E-state index is 7.48. The van der Waals surface area contributed by atoms with E-state index in [9.17, 15) is 0 Å². The molecule has 0 saturated heterocycles. The summed E-state index contributed by atoms with van der Waals surface area (Å²) in [6.45, 7) is 14.7. The van der Waals surface area contributed by atoms with Crippen LogP contribution in [0.25, 0.3) is 146 Å². The van der Waals surface area contributed by atoms with E-state index in [1.165, 1.54) is 66.8 Å². The van der Waals surface area contributed by atoms with Gasteiger partial charge in [-0.2, -0.15) is 0 Å². The Labute approximate surface area is 956 Å². The van der Waals surface area contributed by atoms with Crippen molar-refractivity contribution in [3.8, 4) is 146 Å². The van der Waals surface area contributed by atoms with E-state index < -0.39 is 0 Å². The number of rotatable bonds is 13.